The Morgan fingerprint density at radius 1 is 1.12 bits per heavy atom. The number of aromatic nitrogens is 6. The van der Waals surface area contributed by atoms with Gasteiger partial charge in [-0.1, -0.05) is 41.7 Å². The predicted molar refractivity (Wildman–Crippen MR) is 102 cm³/mol. The van der Waals surface area contributed by atoms with Crippen molar-refractivity contribution in [2.75, 3.05) is 5.32 Å². The molecule has 132 valence electrons. The monoisotopic (exact) mass is 365 g/mol. The van der Waals surface area contributed by atoms with Crippen molar-refractivity contribution in [3.8, 4) is 0 Å². The van der Waals surface area contributed by atoms with Crippen molar-refractivity contribution in [2.45, 2.75) is 26.4 Å². The van der Waals surface area contributed by atoms with Crippen molar-refractivity contribution in [2.24, 2.45) is 0 Å². The van der Waals surface area contributed by atoms with Gasteiger partial charge in [0, 0.05) is 24.2 Å². The van der Waals surface area contributed by atoms with Crippen LogP contribution >= 0.6 is 11.3 Å². The Labute approximate surface area is 155 Å². The second kappa shape index (κ2) is 7.09. The van der Waals surface area contributed by atoms with E-state index in [1.165, 1.54) is 16.9 Å². The van der Waals surface area contributed by atoms with Gasteiger partial charge in [-0.05, 0) is 25.5 Å². The van der Waals surface area contributed by atoms with Crippen molar-refractivity contribution in [1.29, 1.82) is 0 Å². The van der Waals surface area contributed by atoms with Gasteiger partial charge in [-0.2, -0.15) is 10.2 Å². The van der Waals surface area contributed by atoms with E-state index in [0.717, 1.165) is 28.2 Å². The van der Waals surface area contributed by atoms with Crippen LogP contribution < -0.4 is 5.32 Å². The first-order valence-corrected chi connectivity index (χ1v) is 9.18. The van der Waals surface area contributed by atoms with Crippen molar-refractivity contribution < 1.29 is 0 Å². The molecular weight excluding hydrogens is 346 g/mol. The number of rotatable bonds is 6. The molecule has 0 amide bonds. The largest absolute Gasteiger partial charge is 0.313 e. The predicted octanol–water partition coefficient (Wildman–Crippen LogP) is 3.64. The average molecular weight is 365 g/mol. The Hall–Kier alpha value is -3.00. The highest BCUT2D eigenvalue weighted by atomic mass is 32.1. The summed E-state index contributed by atoms with van der Waals surface area (Å²) in [5, 5.41) is 22.3. The van der Waals surface area contributed by atoms with Gasteiger partial charge in [0.05, 0.1) is 6.54 Å². The zero-order valence-corrected chi connectivity index (χ0v) is 15.4. The summed E-state index contributed by atoms with van der Waals surface area (Å²) in [6, 6.07) is 14.2. The van der Waals surface area contributed by atoms with Gasteiger partial charge in [-0.25, -0.2) is 0 Å². The van der Waals surface area contributed by atoms with Crippen LogP contribution in [0, 0.1) is 6.92 Å². The summed E-state index contributed by atoms with van der Waals surface area (Å²) in [5.41, 5.74) is 2.31. The summed E-state index contributed by atoms with van der Waals surface area (Å²) in [6.07, 6.45) is 3.75. The number of nitrogens with zero attached hydrogens (tertiary/aromatic N) is 6. The lowest BCUT2D eigenvalue weighted by Gasteiger charge is -2.10. The lowest BCUT2D eigenvalue weighted by Crippen LogP contribution is -2.09. The van der Waals surface area contributed by atoms with Crippen LogP contribution in [0.5, 0.6) is 0 Å². The molecule has 1 aromatic carbocycles. The standard InChI is InChI=1S/C18H19N7S/c1-13-8-10-19-25(13)14(2)17-21-22-18(26-17)20-16-9-11-24(23-16)12-15-6-4-3-5-7-15/h3-11,14H,12H2,1-2H3,(H,20,22,23)/t14-/m0/s1. The smallest absolute Gasteiger partial charge is 0.211 e. The Morgan fingerprint density at radius 2 is 1.96 bits per heavy atom. The highest BCUT2D eigenvalue weighted by Crippen LogP contribution is 2.26. The molecule has 0 saturated carbocycles. The van der Waals surface area contributed by atoms with Gasteiger partial charge in [-0.3, -0.25) is 9.36 Å². The topological polar surface area (TPSA) is 73.5 Å². The van der Waals surface area contributed by atoms with Crippen LogP contribution in [0.2, 0.25) is 0 Å². The van der Waals surface area contributed by atoms with E-state index in [9.17, 15) is 0 Å². The van der Waals surface area contributed by atoms with E-state index in [1.807, 2.05) is 52.8 Å². The molecule has 26 heavy (non-hydrogen) atoms. The zero-order valence-electron chi connectivity index (χ0n) is 14.6. The number of hydrogen-bond donors (Lipinski definition) is 1. The maximum atomic E-state index is 4.55. The van der Waals surface area contributed by atoms with E-state index in [4.69, 9.17) is 0 Å². The molecule has 1 atom stereocenters. The molecule has 0 saturated heterocycles. The highest BCUT2D eigenvalue weighted by molar-refractivity contribution is 7.15. The average Bonchev–Trinajstić information content (AvgIpc) is 3.38. The molecule has 3 heterocycles. The van der Waals surface area contributed by atoms with Crippen LogP contribution in [-0.4, -0.2) is 29.8 Å². The van der Waals surface area contributed by atoms with Gasteiger partial charge in [0.1, 0.15) is 11.0 Å². The minimum Gasteiger partial charge on any atom is -0.313 e. The van der Waals surface area contributed by atoms with Crippen molar-refractivity contribution >= 4 is 22.3 Å². The van der Waals surface area contributed by atoms with Crippen LogP contribution in [0.15, 0.2) is 54.9 Å². The SMILES string of the molecule is Cc1ccnn1[C@@H](C)c1nnc(Nc2ccn(Cc3ccccc3)n2)s1. The van der Waals surface area contributed by atoms with Gasteiger partial charge >= 0.3 is 0 Å². The maximum Gasteiger partial charge on any atom is 0.211 e. The van der Waals surface area contributed by atoms with E-state index in [0.29, 0.717) is 0 Å². The molecule has 0 aliphatic heterocycles. The normalized spacial score (nSPS) is 12.2. The third-order valence-electron chi connectivity index (χ3n) is 4.10. The molecule has 3 aromatic heterocycles. The molecule has 0 radical (unpaired) electrons. The molecule has 0 aliphatic carbocycles. The fourth-order valence-electron chi connectivity index (χ4n) is 2.74. The van der Waals surface area contributed by atoms with E-state index in [1.54, 1.807) is 6.20 Å². The molecule has 0 spiro atoms. The van der Waals surface area contributed by atoms with E-state index in [2.05, 4.69) is 44.8 Å². The summed E-state index contributed by atoms with van der Waals surface area (Å²) < 4.78 is 3.84. The molecule has 7 nitrogen and oxygen atoms in total. The maximum absolute atomic E-state index is 4.55. The molecule has 0 aliphatic rings. The molecule has 4 rings (SSSR count). The van der Waals surface area contributed by atoms with Gasteiger partial charge in [0.25, 0.3) is 0 Å². The lowest BCUT2D eigenvalue weighted by atomic mass is 10.2. The highest BCUT2D eigenvalue weighted by Gasteiger charge is 2.16. The molecule has 0 unspecified atom stereocenters. The molecule has 1 N–H and O–H groups in total. The molecule has 4 aromatic rings. The minimum absolute atomic E-state index is 0.0497. The van der Waals surface area contributed by atoms with Crippen LogP contribution in [0.1, 0.15) is 29.2 Å². The summed E-state index contributed by atoms with van der Waals surface area (Å²) in [6.45, 7) is 4.83. The first kappa shape index (κ1) is 16.5. The Kier molecular flexibility index (Phi) is 4.49. The Bertz CT molecular complexity index is 986. The molecule has 0 bridgehead atoms. The van der Waals surface area contributed by atoms with Gasteiger partial charge < -0.3 is 5.32 Å². The van der Waals surface area contributed by atoms with Crippen molar-refractivity contribution in [3.63, 3.8) is 0 Å². The van der Waals surface area contributed by atoms with Crippen LogP contribution in [0.25, 0.3) is 0 Å². The van der Waals surface area contributed by atoms with Gasteiger partial charge in [0.15, 0.2) is 5.82 Å². The zero-order chi connectivity index (χ0) is 17.9. The second-order valence-corrected chi connectivity index (χ2v) is 7.06. The fraction of sp³-hybridized carbons (Fsp3) is 0.222. The minimum atomic E-state index is 0.0497. The van der Waals surface area contributed by atoms with E-state index >= 15 is 0 Å². The van der Waals surface area contributed by atoms with E-state index < -0.39 is 0 Å². The number of aryl methyl sites for hydroxylation is 1. The van der Waals surface area contributed by atoms with E-state index in [-0.39, 0.29) is 6.04 Å². The second-order valence-electron chi connectivity index (χ2n) is 6.05. The Morgan fingerprint density at radius 3 is 2.73 bits per heavy atom. The number of benzene rings is 1. The van der Waals surface area contributed by atoms with Crippen LogP contribution in [0.3, 0.4) is 0 Å². The third kappa shape index (κ3) is 3.50. The number of anilines is 2. The Balaban J connectivity index is 1.44. The number of nitrogens with one attached hydrogen (secondary N) is 1. The summed E-state index contributed by atoms with van der Waals surface area (Å²) >= 11 is 1.51. The molecular formula is C18H19N7S. The molecule has 0 fully saturated rings. The summed E-state index contributed by atoms with van der Waals surface area (Å²) in [5.74, 6) is 0.756. The first-order chi connectivity index (χ1) is 12.7. The van der Waals surface area contributed by atoms with Crippen LogP contribution in [0.4, 0.5) is 10.9 Å². The van der Waals surface area contributed by atoms with Gasteiger partial charge in [-0.15, -0.1) is 10.2 Å². The quantitative estimate of drug-likeness (QED) is 0.565. The van der Waals surface area contributed by atoms with Crippen LogP contribution in [-0.2, 0) is 6.54 Å². The van der Waals surface area contributed by atoms with Gasteiger partial charge in [0.2, 0.25) is 5.13 Å². The summed E-state index contributed by atoms with van der Waals surface area (Å²) in [4.78, 5) is 0. The fourth-order valence-corrected chi connectivity index (χ4v) is 3.53. The lowest BCUT2D eigenvalue weighted by molar-refractivity contribution is 0.543. The number of hydrogen-bond acceptors (Lipinski definition) is 6. The van der Waals surface area contributed by atoms with Crippen molar-refractivity contribution in [1.82, 2.24) is 29.8 Å². The molecule has 8 heteroatoms. The summed E-state index contributed by atoms with van der Waals surface area (Å²) in [7, 11) is 0. The van der Waals surface area contributed by atoms with Crippen molar-refractivity contribution in [3.05, 3.63) is 71.1 Å². The third-order valence-corrected chi connectivity index (χ3v) is 5.11. The first-order valence-electron chi connectivity index (χ1n) is 8.37.